The molecule has 0 radical (unpaired) electrons. The van der Waals surface area contributed by atoms with E-state index in [1.807, 2.05) is 0 Å². The molecule has 2 aliphatic heterocycles. The summed E-state index contributed by atoms with van der Waals surface area (Å²) in [7, 11) is -4.03. The zero-order valence-corrected chi connectivity index (χ0v) is 20.0. The number of carbonyl (C=O) groups is 3. The quantitative estimate of drug-likeness (QED) is 0.537. The molecule has 186 valence electrons. The number of carboxylic acids is 1. The number of aryl methyl sites for hydroxylation is 1. The van der Waals surface area contributed by atoms with Gasteiger partial charge in [0.2, 0.25) is 15.9 Å². The van der Waals surface area contributed by atoms with Crippen LogP contribution < -0.4 is 5.32 Å². The van der Waals surface area contributed by atoms with Crippen molar-refractivity contribution >= 4 is 32.6 Å². The first-order valence-electron chi connectivity index (χ1n) is 11.8. The first-order valence-corrected chi connectivity index (χ1v) is 13.2. The summed E-state index contributed by atoms with van der Waals surface area (Å²) in [6, 6.07) is 0. The zero-order valence-electron chi connectivity index (χ0n) is 19.2. The maximum Gasteiger partial charge on any atom is 0.303 e. The molecular formula is C24H27N3O7S. The summed E-state index contributed by atoms with van der Waals surface area (Å²) in [5.41, 5.74) is 3.83. The van der Waals surface area contributed by atoms with Crippen LogP contribution in [0.25, 0.3) is 4.91 Å². The fraction of sp³-hybridized carbons (Fsp3) is 0.458. The van der Waals surface area contributed by atoms with Crippen LogP contribution in [0, 0.1) is 0 Å². The number of amides is 1. The van der Waals surface area contributed by atoms with Crippen molar-refractivity contribution < 1.29 is 32.6 Å². The Hall–Kier alpha value is -3.02. The average Bonchev–Trinajstić information content (AvgIpc) is 3.38. The number of aliphatic carboxylic acids is 1. The highest BCUT2D eigenvalue weighted by molar-refractivity contribution is 7.98. The number of H-pyrrole nitrogens is 1. The lowest BCUT2D eigenvalue weighted by Gasteiger charge is -2.28. The Bertz CT molecular complexity index is 1310. The maximum atomic E-state index is 14.1. The molecule has 1 saturated heterocycles. The minimum absolute atomic E-state index is 0.0371. The normalized spacial score (nSPS) is 22.2. The van der Waals surface area contributed by atoms with Gasteiger partial charge in [-0.2, -0.15) is 4.31 Å². The third-order valence-electron chi connectivity index (χ3n) is 6.85. The van der Waals surface area contributed by atoms with Crippen molar-refractivity contribution in [2.75, 3.05) is 26.3 Å². The van der Waals surface area contributed by atoms with Gasteiger partial charge in [0, 0.05) is 42.9 Å². The highest BCUT2D eigenvalue weighted by Gasteiger charge is 2.37. The van der Waals surface area contributed by atoms with Crippen molar-refractivity contribution in [2.24, 2.45) is 0 Å². The number of nitrogens with one attached hydrogen (secondary N) is 2. The summed E-state index contributed by atoms with van der Waals surface area (Å²) in [6.07, 6.45) is 5.25. The van der Waals surface area contributed by atoms with Crippen molar-refractivity contribution in [2.45, 2.75) is 44.9 Å². The number of ketones is 1. The Labute approximate surface area is 202 Å². The van der Waals surface area contributed by atoms with Crippen LogP contribution in [0.2, 0.25) is 0 Å². The van der Waals surface area contributed by atoms with Gasteiger partial charge in [0.15, 0.2) is 5.78 Å². The third-order valence-corrected chi connectivity index (χ3v) is 8.88. The van der Waals surface area contributed by atoms with Gasteiger partial charge in [-0.25, -0.2) is 8.42 Å². The average molecular weight is 502 g/mol. The van der Waals surface area contributed by atoms with E-state index in [9.17, 15) is 27.9 Å². The lowest BCUT2D eigenvalue weighted by atomic mass is 9.90. The molecule has 1 aromatic rings. The first kappa shape index (κ1) is 23.7. The van der Waals surface area contributed by atoms with Crippen molar-refractivity contribution in [3.63, 3.8) is 0 Å². The molecule has 0 atom stereocenters. The SMILES string of the molecule is O=C(O)CCc1c(/C(=C2/C=CC3=C(CC(=O)N3)C2)S(=O)(=O)N2CCOCC2)[nH]c2c1C(=O)CCC2. The van der Waals surface area contributed by atoms with E-state index in [4.69, 9.17) is 4.74 Å². The number of fused-ring (bicyclic) bond motifs is 1. The minimum atomic E-state index is -4.03. The number of nitrogens with zero attached hydrogens (tertiary/aromatic N) is 1. The summed E-state index contributed by atoms with van der Waals surface area (Å²) < 4.78 is 34.9. The van der Waals surface area contributed by atoms with Crippen LogP contribution in [0.1, 0.15) is 59.4 Å². The molecule has 0 spiro atoms. The molecule has 1 fully saturated rings. The predicted octanol–water partition coefficient (Wildman–Crippen LogP) is 1.66. The van der Waals surface area contributed by atoms with E-state index in [2.05, 4.69) is 10.3 Å². The van der Waals surface area contributed by atoms with E-state index in [-0.39, 0.29) is 68.6 Å². The van der Waals surface area contributed by atoms with Gasteiger partial charge in [-0.15, -0.1) is 0 Å². The van der Waals surface area contributed by atoms with Gasteiger partial charge in [-0.05, 0) is 48.5 Å². The van der Waals surface area contributed by atoms with Crippen LogP contribution in [0.15, 0.2) is 29.0 Å². The molecule has 1 amide bonds. The van der Waals surface area contributed by atoms with E-state index in [1.165, 1.54) is 4.31 Å². The largest absolute Gasteiger partial charge is 0.481 e. The fourth-order valence-electron chi connectivity index (χ4n) is 5.24. The Morgan fingerprint density at radius 3 is 2.63 bits per heavy atom. The molecule has 35 heavy (non-hydrogen) atoms. The number of allylic oxidation sites excluding steroid dienone is 3. The van der Waals surface area contributed by atoms with Crippen LogP contribution in [0.3, 0.4) is 0 Å². The Balaban J connectivity index is 1.70. The highest BCUT2D eigenvalue weighted by Crippen LogP contribution is 2.40. The van der Waals surface area contributed by atoms with Gasteiger partial charge >= 0.3 is 5.97 Å². The molecule has 11 heteroatoms. The van der Waals surface area contributed by atoms with Crippen LogP contribution in [0.4, 0.5) is 0 Å². The lowest BCUT2D eigenvalue weighted by molar-refractivity contribution is -0.137. The molecule has 0 unspecified atom stereocenters. The van der Waals surface area contributed by atoms with Crippen LogP contribution >= 0.6 is 0 Å². The van der Waals surface area contributed by atoms with E-state index in [0.29, 0.717) is 53.0 Å². The molecule has 0 aromatic carbocycles. The van der Waals surface area contributed by atoms with Gasteiger partial charge in [0.05, 0.1) is 25.3 Å². The van der Waals surface area contributed by atoms with E-state index >= 15 is 0 Å². The monoisotopic (exact) mass is 501 g/mol. The van der Waals surface area contributed by atoms with Crippen LogP contribution in [-0.2, 0) is 37.2 Å². The number of hydrogen-bond donors (Lipinski definition) is 3. The standard InChI is InChI=1S/C24H27N3O7S/c28-19-3-1-2-18-22(19)16(5-7-21(30)31)23(26-18)24(35(32,33)27-8-10-34-11-9-27)14-4-6-17-15(12-14)13-20(29)25-17/h4,6,26H,1-3,5,7-13H2,(H,25,29)(H,30,31)/b24-14+. The smallest absolute Gasteiger partial charge is 0.303 e. The van der Waals surface area contributed by atoms with Gasteiger partial charge < -0.3 is 20.1 Å². The molecule has 10 nitrogen and oxygen atoms in total. The predicted molar refractivity (Wildman–Crippen MR) is 126 cm³/mol. The Morgan fingerprint density at radius 2 is 1.89 bits per heavy atom. The number of hydrogen-bond acceptors (Lipinski definition) is 6. The van der Waals surface area contributed by atoms with E-state index < -0.39 is 16.0 Å². The van der Waals surface area contributed by atoms with Crippen molar-refractivity contribution in [1.82, 2.24) is 14.6 Å². The molecule has 0 bridgehead atoms. The van der Waals surface area contributed by atoms with E-state index in [0.717, 1.165) is 5.57 Å². The van der Waals surface area contributed by atoms with E-state index in [1.54, 1.807) is 12.2 Å². The van der Waals surface area contributed by atoms with Gasteiger partial charge in [-0.1, -0.05) is 6.08 Å². The van der Waals surface area contributed by atoms with Crippen LogP contribution in [0.5, 0.6) is 0 Å². The number of ether oxygens (including phenoxy) is 1. The molecule has 3 N–H and O–H groups in total. The molecule has 5 rings (SSSR count). The number of rotatable bonds is 6. The number of Topliss-reactive ketones (excluding diaryl/α,β-unsaturated/α-hetero) is 1. The summed E-state index contributed by atoms with van der Waals surface area (Å²) in [5, 5.41) is 12.1. The topological polar surface area (TPSA) is 146 Å². The van der Waals surface area contributed by atoms with Gasteiger partial charge in [0.25, 0.3) is 0 Å². The third kappa shape index (κ3) is 4.39. The first-order chi connectivity index (χ1) is 16.8. The second kappa shape index (κ2) is 9.21. The summed E-state index contributed by atoms with van der Waals surface area (Å²) in [5.74, 6) is -1.26. The number of carboxylic acid groups (broad SMARTS) is 1. The number of sulfonamides is 1. The summed E-state index contributed by atoms with van der Waals surface area (Å²) >= 11 is 0. The molecule has 1 aromatic heterocycles. The molecule has 3 heterocycles. The van der Waals surface area contributed by atoms with Crippen molar-refractivity contribution in [1.29, 1.82) is 0 Å². The number of aromatic nitrogens is 1. The van der Waals surface area contributed by atoms with Gasteiger partial charge in [0.1, 0.15) is 4.91 Å². The Morgan fingerprint density at radius 1 is 1.11 bits per heavy atom. The second-order valence-corrected chi connectivity index (χ2v) is 11.0. The molecule has 4 aliphatic rings. The van der Waals surface area contributed by atoms with Crippen molar-refractivity contribution in [3.8, 4) is 0 Å². The van der Waals surface area contributed by atoms with Crippen molar-refractivity contribution in [3.05, 3.63) is 51.5 Å². The summed E-state index contributed by atoms with van der Waals surface area (Å²) in [6.45, 7) is 0.940. The molecular weight excluding hydrogens is 474 g/mol. The molecule has 2 aliphatic carbocycles. The second-order valence-electron chi connectivity index (χ2n) is 9.13. The minimum Gasteiger partial charge on any atom is -0.481 e. The number of morpholine rings is 1. The molecule has 0 saturated carbocycles. The number of aromatic amines is 1. The Kier molecular flexibility index (Phi) is 6.24. The number of carbonyl (C=O) groups excluding carboxylic acids is 2. The summed E-state index contributed by atoms with van der Waals surface area (Å²) in [4.78, 5) is 39.5. The fourth-order valence-corrected chi connectivity index (χ4v) is 7.03. The lowest BCUT2D eigenvalue weighted by Crippen LogP contribution is -2.41. The maximum absolute atomic E-state index is 14.1. The zero-order chi connectivity index (χ0) is 24.7. The van der Waals surface area contributed by atoms with Gasteiger partial charge in [-0.3, -0.25) is 14.4 Å². The van der Waals surface area contributed by atoms with Crippen LogP contribution in [-0.4, -0.2) is 66.8 Å². The highest BCUT2D eigenvalue weighted by atomic mass is 32.2.